The molecular formula is C12H14N2O2. The number of rotatable bonds is 0. The summed E-state index contributed by atoms with van der Waals surface area (Å²) in [5.74, 6) is 0.0107. The molecule has 0 radical (unpaired) electrons. The van der Waals surface area contributed by atoms with Crippen molar-refractivity contribution in [3.8, 4) is 0 Å². The number of nitrogens with zero attached hydrogens (tertiary/aromatic N) is 2. The van der Waals surface area contributed by atoms with Gasteiger partial charge < -0.3 is 5.21 Å². The van der Waals surface area contributed by atoms with Gasteiger partial charge in [-0.25, -0.2) is 4.73 Å². The number of fused-ring (bicyclic) bond motifs is 1. The first kappa shape index (κ1) is 10.8. The Labute approximate surface area is 94.2 Å². The molecule has 0 amide bonds. The first-order valence-electron chi connectivity index (χ1n) is 5.26. The number of pyridine rings is 1. The quantitative estimate of drug-likeness (QED) is 0.493. The van der Waals surface area contributed by atoms with Crippen LogP contribution < -0.4 is 4.73 Å². The topological polar surface area (TPSA) is 56.4 Å². The van der Waals surface area contributed by atoms with Gasteiger partial charge in [0.1, 0.15) is 17.0 Å². The third-order valence-electron chi connectivity index (χ3n) is 3.10. The van der Waals surface area contributed by atoms with E-state index in [-0.39, 0.29) is 17.5 Å². The Morgan fingerprint density at radius 1 is 1.38 bits per heavy atom. The molecule has 0 saturated heterocycles. The van der Waals surface area contributed by atoms with Crippen LogP contribution in [0.1, 0.15) is 35.5 Å². The average Bonchev–Trinajstić information content (AvgIpc) is 2.22. The van der Waals surface area contributed by atoms with Gasteiger partial charge >= 0.3 is 5.82 Å². The molecule has 1 atom stereocenters. The Hall–Kier alpha value is -1.71. The maximum atomic E-state index is 12.1. The molecule has 1 aliphatic rings. The number of Topliss-reactive ketones (excluding diaryl/α,β-unsaturated/α-hetero) is 1. The van der Waals surface area contributed by atoms with Crippen molar-refractivity contribution in [1.82, 2.24) is 0 Å². The number of ketones is 1. The van der Waals surface area contributed by atoms with E-state index >= 15 is 0 Å². The lowest BCUT2D eigenvalue weighted by Crippen LogP contribution is -2.36. The van der Waals surface area contributed by atoms with Gasteiger partial charge in [-0.15, -0.1) is 0 Å². The molecule has 1 unspecified atom stereocenters. The third kappa shape index (κ3) is 1.33. The van der Waals surface area contributed by atoms with E-state index < -0.39 is 0 Å². The highest BCUT2D eigenvalue weighted by Gasteiger charge is 2.34. The summed E-state index contributed by atoms with van der Waals surface area (Å²) in [6, 6.07) is 1.73. The van der Waals surface area contributed by atoms with Gasteiger partial charge in [-0.1, -0.05) is 0 Å². The smallest absolute Gasteiger partial charge is 0.337 e. The second kappa shape index (κ2) is 3.40. The van der Waals surface area contributed by atoms with Crippen LogP contribution in [-0.2, 0) is 0 Å². The van der Waals surface area contributed by atoms with Gasteiger partial charge in [0.05, 0.1) is 5.92 Å². The van der Waals surface area contributed by atoms with Crippen molar-refractivity contribution < 1.29 is 9.52 Å². The molecule has 1 aliphatic heterocycles. The van der Waals surface area contributed by atoms with Gasteiger partial charge in [-0.05, 0) is 44.3 Å². The molecule has 2 heterocycles. The van der Waals surface area contributed by atoms with Crippen molar-refractivity contribution in [1.29, 1.82) is 0 Å². The number of aromatic nitrogens is 1. The van der Waals surface area contributed by atoms with E-state index in [4.69, 9.17) is 0 Å². The van der Waals surface area contributed by atoms with E-state index in [2.05, 4.69) is 4.99 Å². The largest absolute Gasteiger partial charge is 0.710 e. The van der Waals surface area contributed by atoms with E-state index in [1.807, 2.05) is 13.8 Å². The lowest BCUT2D eigenvalue weighted by atomic mass is 9.90. The summed E-state index contributed by atoms with van der Waals surface area (Å²) >= 11 is 0. The van der Waals surface area contributed by atoms with Crippen LogP contribution in [0.25, 0.3) is 0 Å². The van der Waals surface area contributed by atoms with Gasteiger partial charge in [-0.2, -0.15) is 0 Å². The van der Waals surface area contributed by atoms with Gasteiger partial charge in [0, 0.05) is 0 Å². The highest BCUT2D eigenvalue weighted by Crippen LogP contribution is 2.28. The molecular weight excluding hydrogens is 204 g/mol. The molecule has 84 valence electrons. The van der Waals surface area contributed by atoms with Gasteiger partial charge in [0.15, 0.2) is 5.78 Å². The summed E-state index contributed by atoms with van der Waals surface area (Å²) in [6.45, 7) is 7.15. The fourth-order valence-electron chi connectivity index (χ4n) is 1.97. The number of carbonyl (C=O) groups excluding carboxylic acids is 1. The Bertz CT molecular complexity index is 518. The third-order valence-corrected chi connectivity index (χ3v) is 3.10. The number of hydrogen-bond acceptors (Lipinski definition) is 3. The average molecular weight is 218 g/mol. The predicted octanol–water partition coefficient (Wildman–Crippen LogP) is 1.86. The van der Waals surface area contributed by atoms with Crippen molar-refractivity contribution in [2.45, 2.75) is 27.7 Å². The van der Waals surface area contributed by atoms with Crippen LogP contribution in [0.15, 0.2) is 11.1 Å². The monoisotopic (exact) mass is 218 g/mol. The van der Waals surface area contributed by atoms with Crippen LogP contribution in [0.2, 0.25) is 0 Å². The van der Waals surface area contributed by atoms with E-state index in [0.717, 1.165) is 10.3 Å². The van der Waals surface area contributed by atoms with Crippen LogP contribution >= 0.6 is 0 Å². The minimum absolute atomic E-state index is 0.00963. The Morgan fingerprint density at radius 2 is 2.00 bits per heavy atom. The molecule has 0 bridgehead atoms. The lowest BCUT2D eigenvalue weighted by Gasteiger charge is -2.18. The van der Waals surface area contributed by atoms with E-state index in [9.17, 15) is 10.0 Å². The Kier molecular flexibility index (Phi) is 2.30. The Balaban J connectivity index is 2.81. The molecule has 0 N–H and O–H groups in total. The number of aliphatic imine (C=N–C) groups is 1. The van der Waals surface area contributed by atoms with Gasteiger partial charge in [0.25, 0.3) is 0 Å². The molecule has 1 aromatic rings. The maximum Gasteiger partial charge on any atom is 0.337 e. The zero-order valence-corrected chi connectivity index (χ0v) is 9.87. The highest BCUT2D eigenvalue weighted by atomic mass is 16.5. The fourth-order valence-corrected chi connectivity index (χ4v) is 1.97. The van der Waals surface area contributed by atoms with Gasteiger partial charge in [0.2, 0.25) is 0 Å². The van der Waals surface area contributed by atoms with Crippen LogP contribution in [-0.4, -0.2) is 11.5 Å². The fraction of sp³-hybridized carbons (Fsp3) is 0.417. The van der Waals surface area contributed by atoms with Crippen molar-refractivity contribution >= 4 is 17.3 Å². The minimum Gasteiger partial charge on any atom is -0.710 e. The van der Waals surface area contributed by atoms with Crippen LogP contribution in [0, 0.1) is 25.0 Å². The second-order valence-corrected chi connectivity index (χ2v) is 4.30. The van der Waals surface area contributed by atoms with Gasteiger partial charge in [-0.3, -0.25) is 4.79 Å². The molecule has 0 spiro atoms. The molecule has 1 aromatic heterocycles. The second-order valence-electron chi connectivity index (χ2n) is 4.30. The van der Waals surface area contributed by atoms with Crippen molar-refractivity contribution in [3.63, 3.8) is 0 Å². The highest BCUT2D eigenvalue weighted by molar-refractivity contribution is 6.16. The van der Waals surface area contributed by atoms with Crippen molar-refractivity contribution in [2.75, 3.05) is 0 Å². The molecule has 2 rings (SSSR count). The molecule has 0 aliphatic carbocycles. The standard InChI is InChI=1S/C12H14N2O2/c1-6-5-7(2)14(16)12-10(6)11(15)8(3)9(4)13-12/h5,8H,1-4H3. The first-order valence-corrected chi connectivity index (χ1v) is 5.26. The summed E-state index contributed by atoms with van der Waals surface area (Å²) in [5.41, 5.74) is 2.56. The van der Waals surface area contributed by atoms with Crippen molar-refractivity contribution in [2.24, 2.45) is 10.9 Å². The molecule has 4 heteroatoms. The number of aryl methyl sites for hydroxylation is 2. The zero-order valence-electron chi connectivity index (χ0n) is 9.87. The molecule has 4 nitrogen and oxygen atoms in total. The summed E-state index contributed by atoms with van der Waals surface area (Å²) < 4.78 is 0.732. The molecule has 16 heavy (non-hydrogen) atoms. The molecule has 0 aromatic carbocycles. The Morgan fingerprint density at radius 3 is 2.62 bits per heavy atom. The van der Waals surface area contributed by atoms with E-state index in [1.54, 1.807) is 19.9 Å². The summed E-state index contributed by atoms with van der Waals surface area (Å²) in [5, 5.41) is 11.8. The maximum absolute atomic E-state index is 12.1. The number of hydrogen-bond donors (Lipinski definition) is 0. The summed E-state index contributed by atoms with van der Waals surface area (Å²) in [4.78, 5) is 16.3. The molecule has 0 fully saturated rings. The summed E-state index contributed by atoms with van der Waals surface area (Å²) in [6.07, 6.45) is 0. The van der Waals surface area contributed by atoms with Crippen molar-refractivity contribution in [3.05, 3.63) is 28.1 Å². The minimum atomic E-state index is -0.228. The predicted molar refractivity (Wildman–Crippen MR) is 61.1 cm³/mol. The lowest BCUT2D eigenvalue weighted by molar-refractivity contribution is -0.598. The van der Waals surface area contributed by atoms with E-state index in [0.29, 0.717) is 17.0 Å². The first-order chi connectivity index (χ1) is 7.43. The number of carbonyl (C=O) groups is 1. The molecule has 0 saturated carbocycles. The summed E-state index contributed by atoms with van der Waals surface area (Å²) in [7, 11) is 0. The van der Waals surface area contributed by atoms with Crippen LogP contribution in [0.3, 0.4) is 0 Å². The van der Waals surface area contributed by atoms with Crippen LogP contribution in [0.5, 0.6) is 0 Å². The normalized spacial score (nSPS) is 19.4. The zero-order chi connectivity index (χ0) is 12.0. The van der Waals surface area contributed by atoms with E-state index in [1.165, 1.54) is 0 Å². The SMILES string of the molecule is CC1=Nc2c(c(C)cc(C)[n+]2[O-])C(=O)C1C. The van der Waals surface area contributed by atoms with Crippen LogP contribution in [0.4, 0.5) is 5.82 Å².